The highest BCUT2D eigenvalue weighted by molar-refractivity contribution is 5.15. The maximum atomic E-state index is 5.07. The lowest BCUT2D eigenvalue weighted by atomic mass is 10.1. The number of allylic oxidation sites excluding steroid dienone is 1. The molecule has 0 spiro atoms. The van der Waals surface area contributed by atoms with Crippen LogP contribution < -0.4 is 0 Å². The van der Waals surface area contributed by atoms with E-state index in [1.165, 1.54) is 11.1 Å². The fourth-order valence-corrected chi connectivity index (χ4v) is 0.620. The van der Waals surface area contributed by atoms with Crippen LogP contribution in [0.1, 0.15) is 20.8 Å². The van der Waals surface area contributed by atoms with Crippen LogP contribution in [-0.4, -0.2) is 12.7 Å². The third-order valence-electron chi connectivity index (χ3n) is 1.60. The molecule has 0 aromatic heterocycles. The summed E-state index contributed by atoms with van der Waals surface area (Å²) >= 11 is 0. The zero-order valence-electron chi connectivity index (χ0n) is 5.69. The number of rotatable bonds is 1. The minimum atomic E-state index is 0.472. The molecule has 1 unspecified atom stereocenters. The van der Waals surface area contributed by atoms with Crippen molar-refractivity contribution in [1.29, 1.82) is 0 Å². The standard InChI is InChI=1S/C7H12O/c1-5(2)6(3)7-4-8-7/h7H,4H2,1-3H3. The zero-order chi connectivity index (χ0) is 6.15. The van der Waals surface area contributed by atoms with E-state index in [-0.39, 0.29) is 0 Å². The second-order valence-corrected chi connectivity index (χ2v) is 2.50. The molecule has 1 heteroatoms. The Bertz CT molecular complexity index is 116. The second-order valence-electron chi connectivity index (χ2n) is 2.50. The lowest BCUT2D eigenvalue weighted by molar-refractivity contribution is 0.431. The summed E-state index contributed by atoms with van der Waals surface area (Å²) < 4.78 is 5.07. The van der Waals surface area contributed by atoms with Crippen LogP contribution in [0.4, 0.5) is 0 Å². The molecule has 1 heterocycles. The second kappa shape index (κ2) is 1.90. The summed E-state index contributed by atoms with van der Waals surface area (Å²) in [4.78, 5) is 0. The normalized spacial score (nSPS) is 25.1. The largest absolute Gasteiger partial charge is 0.368 e. The number of ether oxygens (including phenoxy) is 1. The lowest BCUT2D eigenvalue weighted by Crippen LogP contribution is -1.88. The van der Waals surface area contributed by atoms with Crippen molar-refractivity contribution >= 4 is 0 Å². The van der Waals surface area contributed by atoms with Gasteiger partial charge < -0.3 is 4.74 Å². The highest BCUT2D eigenvalue weighted by atomic mass is 16.6. The molecule has 1 aliphatic heterocycles. The van der Waals surface area contributed by atoms with Crippen molar-refractivity contribution in [2.45, 2.75) is 26.9 Å². The maximum Gasteiger partial charge on any atom is 0.102 e. The van der Waals surface area contributed by atoms with E-state index in [1.807, 2.05) is 0 Å². The van der Waals surface area contributed by atoms with Crippen LogP contribution in [0.25, 0.3) is 0 Å². The predicted octanol–water partition coefficient (Wildman–Crippen LogP) is 1.74. The number of epoxide rings is 1. The Balaban J connectivity index is 2.54. The molecule has 0 bridgehead atoms. The van der Waals surface area contributed by atoms with Gasteiger partial charge in [-0.25, -0.2) is 0 Å². The quantitative estimate of drug-likeness (QED) is 0.372. The van der Waals surface area contributed by atoms with Gasteiger partial charge in [0.2, 0.25) is 0 Å². The molecule has 0 amide bonds. The van der Waals surface area contributed by atoms with Gasteiger partial charge in [0.1, 0.15) is 6.10 Å². The smallest absolute Gasteiger partial charge is 0.102 e. The molecule has 0 saturated carbocycles. The molecule has 1 saturated heterocycles. The first-order valence-electron chi connectivity index (χ1n) is 2.97. The van der Waals surface area contributed by atoms with E-state index in [2.05, 4.69) is 20.8 Å². The number of hydrogen-bond donors (Lipinski definition) is 0. The first-order chi connectivity index (χ1) is 3.72. The summed E-state index contributed by atoms with van der Waals surface area (Å²) in [6, 6.07) is 0. The summed E-state index contributed by atoms with van der Waals surface area (Å²) in [5.41, 5.74) is 2.80. The minimum Gasteiger partial charge on any atom is -0.368 e. The topological polar surface area (TPSA) is 12.5 Å². The van der Waals surface area contributed by atoms with Gasteiger partial charge in [-0.05, 0) is 26.3 Å². The van der Waals surface area contributed by atoms with Crippen LogP contribution in [0.15, 0.2) is 11.1 Å². The van der Waals surface area contributed by atoms with Gasteiger partial charge in [0, 0.05) is 0 Å². The summed E-state index contributed by atoms with van der Waals surface area (Å²) in [6.07, 6.45) is 0.472. The molecule has 1 nitrogen and oxygen atoms in total. The van der Waals surface area contributed by atoms with Crippen molar-refractivity contribution in [2.24, 2.45) is 0 Å². The van der Waals surface area contributed by atoms with Gasteiger partial charge in [-0.1, -0.05) is 5.57 Å². The van der Waals surface area contributed by atoms with Crippen molar-refractivity contribution in [2.75, 3.05) is 6.61 Å². The Hall–Kier alpha value is -0.300. The van der Waals surface area contributed by atoms with Gasteiger partial charge in [0.05, 0.1) is 6.61 Å². The Morgan fingerprint density at radius 3 is 2.00 bits per heavy atom. The van der Waals surface area contributed by atoms with Crippen LogP contribution in [0, 0.1) is 0 Å². The highest BCUT2D eigenvalue weighted by Crippen LogP contribution is 2.21. The molecule has 46 valence electrons. The Kier molecular flexibility index (Phi) is 1.39. The van der Waals surface area contributed by atoms with E-state index >= 15 is 0 Å². The molecule has 0 aromatic carbocycles. The zero-order valence-corrected chi connectivity index (χ0v) is 5.69. The third-order valence-corrected chi connectivity index (χ3v) is 1.60. The molecule has 1 aliphatic rings. The summed E-state index contributed by atoms with van der Waals surface area (Å²) in [5.74, 6) is 0. The Labute approximate surface area is 50.3 Å². The SMILES string of the molecule is CC(C)=C(C)C1CO1. The van der Waals surface area contributed by atoms with E-state index in [4.69, 9.17) is 4.74 Å². The fraction of sp³-hybridized carbons (Fsp3) is 0.714. The molecule has 1 atom stereocenters. The van der Waals surface area contributed by atoms with Gasteiger partial charge in [-0.3, -0.25) is 0 Å². The van der Waals surface area contributed by atoms with Crippen molar-refractivity contribution in [3.05, 3.63) is 11.1 Å². The van der Waals surface area contributed by atoms with E-state index in [9.17, 15) is 0 Å². The summed E-state index contributed by atoms with van der Waals surface area (Å²) in [7, 11) is 0. The van der Waals surface area contributed by atoms with Crippen molar-refractivity contribution in [3.8, 4) is 0 Å². The van der Waals surface area contributed by atoms with Gasteiger partial charge in [-0.15, -0.1) is 0 Å². The fourth-order valence-electron chi connectivity index (χ4n) is 0.620. The highest BCUT2D eigenvalue weighted by Gasteiger charge is 2.24. The van der Waals surface area contributed by atoms with Crippen LogP contribution in [0.2, 0.25) is 0 Å². The van der Waals surface area contributed by atoms with Crippen molar-refractivity contribution < 1.29 is 4.74 Å². The van der Waals surface area contributed by atoms with E-state index in [0.717, 1.165) is 6.61 Å². The van der Waals surface area contributed by atoms with Crippen LogP contribution in [0.3, 0.4) is 0 Å². The number of hydrogen-bond acceptors (Lipinski definition) is 1. The average Bonchev–Trinajstić information content (AvgIpc) is 2.43. The maximum absolute atomic E-state index is 5.07. The van der Waals surface area contributed by atoms with Gasteiger partial charge in [-0.2, -0.15) is 0 Å². The molecular formula is C7H12O. The molecule has 0 aliphatic carbocycles. The van der Waals surface area contributed by atoms with Gasteiger partial charge in [0.25, 0.3) is 0 Å². The summed E-state index contributed by atoms with van der Waals surface area (Å²) in [6.45, 7) is 7.32. The van der Waals surface area contributed by atoms with Gasteiger partial charge >= 0.3 is 0 Å². The molecule has 1 rings (SSSR count). The molecule has 0 aromatic rings. The first-order valence-corrected chi connectivity index (χ1v) is 2.97. The Morgan fingerprint density at radius 2 is 1.88 bits per heavy atom. The molecular weight excluding hydrogens is 100 g/mol. The molecule has 0 radical (unpaired) electrons. The third kappa shape index (κ3) is 1.10. The van der Waals surface area contributed by atoms with E-state index < -0.39 is 0 Å². The first kappa shape index (κ1) is 5.83. The predicted molar refractivity (Wildman–Crippen MR) is 33.8 cm³/mol. The Morgan fingerprint density at radius 1 is 1.38 bits per heavy atom. The molecule has 0 N–H and O–H groups in total. The lowest BCUT2D eigenvalue weighted by Gasteiger charge is -1.94. The minimum absolute atomic E-state index is 0.472. The van der Waals surface area contributed by atoms with Crippen LogP contribution in [0.5, 0.6) is 0 Å². The summed E-state index contributed by atoms with van der Waals surface area (Å²) in [5, 5.41) is 0. The van der Waals surface area contributed by atoms with Crippen LogP contribution in [-0.2, 0) is 4.74 Å². The monoisotopic (exact) mass is 112 g/mol. The van der Waals surface area contributed by atoms with Gasteiger partial charge in [0.15, 0.2) is 0 Å². The average molecular weight is 112 g/mol. The van der Waals surface area contributed by atoms with Crippen LogP contribution >= 0.6 is 0 Å². The molecule has 8 heavy (non-hydrogen) atoms. The van der Waals surface area contributed by atoms with E-state index in [0.29, 0.717) is 6.10 Å². The molecule has 1 fully saturated rings. The van der Waals surface area contributed by atoms with Crippen molar-refractivity contribution in [1.82, 2.24) is 0 Å². The van der Waals surface area contributed by atoms with E-state index in [1.54, 1.807) is 0 Å². The van der Waals surface area contributed by atoms with Crippen molar-refractivity contribution in [3.63, 3.8) is 0 Å².